The van der Waals surface area contributed by atoms with Gasteiger partial charge < -0.3 is 39.4 Å². The Labute approximate surface area is 398 Å². The summed E-state index contributed by atoms with van der Waals surface area (Å²) in [6.07, 6.45) is 11.9. The fraction of sp³-hybridized carbons (Fsp3) is 0.480. The van der Waals surface area contributed by atoms with Gasteiger partial charge in [0.05, 0.1) is 76.7 Å². The number of thiazole rings is 1. The van der Waals surface area contributed by atoms with E-state index in [9.17, 15) is 14.4 Å². The number of carbonyl (C=O) groups is 3. The molecule has 1 aliphatic carbocycles. The first-order valence-electron chi connectivity index (χ1n) is 23.9. The number of benzene rings is 2. The van der Waals surface area contributed by atoms with Gasteiger partial charge in [0.2, 0.25) is 18.0 Å². The van der Waals surface area contributed by atoms with Crippen molar-refractivity contribution in [3.05, 3.63) is 82.3 Å². The minimum atomic E-state index is -0.735. The molecule has 4 N–H and O–H groups in total. The fourth-order valence-corrected chi connectivity index (χ4v) is 11.8. The van der Waals surface area contributed by atoms with Crippen molar-refractivity contribution >= 4 is 40.1 Å². The molecule has 3 aliphatic heterocycles. The highest BCUT2D eigenvalue weighted by molar-refractivity contribution is 7.11. The van der Waals surface area contributed by atoms with Gasteiger partial charge in [-0.1, -0.05) is 46.6 Å². The first-order chi connectivity index (χ1) is 32.9. The lowest BCUT2D eigenvalue weighted by atomic mass is 10.0. The Morgan fingerprint density at radius 3 is 2.07 bits per heavy atom. The Morgan fingerprint density at radius 2 is 1.44 bits per heavy atom. The molecular weight excluding hydrogens is 888 g/mol. The molecule has 5 atom stereocenters. The van der Waals surface area contributed by atoms with Crippen LogP contribution in [0.5, 0.6) is 5.75 Å². The number of likely N-dealkylation sites (tertiary alicyclic amines) is 2. The van der Waals surface area contributed by atoms with Crippen LogP contribution in [0.3, 0.4) is 0 Å². The molecule has 0 radical (unpaired) electrons. The van der Waals surface area contributed by atoms with Gasteiger partial charge in [-0.2, -0.15) is 5.48 Å². The van der Waals surface area contributed by atoms with Crippen molar-refractivity contribution in [2.75, 3.05) is 27.3 Å². The normalized spacial score (nSPS) is 20.3. The van der Waals surface area contributed by atoms with Crippen LogP contribution >= 0.6 is 11.3 Å². The summed E-state index contributed by atoms with van der Waals surface area (Å²) in [5.41, 5.74) is 7.64. The summed E-state index contributed by atoms with van der Waals surface area (Å²) in [4.78, 5) is 70.8. The first-order valence-corrected chi connectivity index (χ1v) is 24.7. The van der Waals surface area contributed by atoms with E-state index >= 15 is 4.39 Å². The summed E-state index contributed by atoms with van der Waals surface area (Å²) in [6, 6.07) is 9.77. The zero-order valence-electron chi connectivity index (χ0n) is 39.3. The van der Waals surface area contributed by atoms with Crippen LogP contribution in [0.2, 0.25) is 0 Å². The molecule has 1 saturated carbocycles. The number of rotatable bonds is 13. The SMILES string of the molecule is CON[C@H](C(=O)N1CCC[C@H]1c1ncc(-c2cc(F)c3c(c2)OC(c2cnc(C4CCCC4)s2)n2c-3cc3cc(-c4cnc([C@@H]5CCCN5C(=O)[C@@H](NC(=O)OC)C(C)C)[nH]4)ccc32)[nH]1)C(C)C. The topological polar surface area (TPSA) is 185 Å². The van der Waals surface area contributed by atoms with E-state index in [1.165, 1.54) is 33.1 Å². The zero-order chi connectivity index (χ0) is 47.4. The molecule has 2 aromatic carbocycles. The second kappa shape index (κ2) is 18.8. The van der Waals surface area contributed by atoms with Crippen molar-refractivity contribution in [2.45, 2.75) is 115 Å². The Kier molecular flexibility index (Phi) is 12.6. The number of fused-ring (bicyclic) bond motifs is 5. The second-order valence-corrected chi connectivity index (χ2v) is 20.3. The monoisotopic (exact) mass is 946 g/mol. The standard InChI is InChI=1S/C50H59FN10O6S/c1-26(2)42(57-50(64)65-5)47(62)59-17-9-13-36(59)44-52-23-33(55-44)29-15-16-35-31(19-29)21-38-41-32(51)20-30(22-39(41)67-49(61(35)38)40-25-54-46(68-40)28-11-7-8-12-28)34-24-53-45(56-34)37-14-10-18-60(37)48(63)43(27(3)4)58-66-6/h15-16,19-28,36-37,42-43,49,58H,7-14,17-18H2,1-6H3,(H,52,55)(H,53,56)(H,57,64)/t36-,37-,42-,43-,49?/m0/s1. The maximum absolute atomic E-state index is 17.0. The lowest BCUT2D eigenvalue weighted by Crippen LogP contribution is -2.51. The summed E-state index contributed by atoms with van der Waals surface area (Å²) in [6.45, 7) is 8.91. The molecule has 6 aromatic rings. The molecule has 0 spiro atoms. The van der Waals surface area contributed by atoms with Crippen LogP contribution in [-0.4, -0.2) is 96.6 Å². The van der Waals surface area contributed by atoms with Gasteiger partial charge in [-0.3, -0.25) is 14.2 Å². The second-order valence-electron chi connectivity index (χ2n) is 19.2. The van der Waals surface area contributed by atoms with Gasteiger partial charge in [0.25, 0.3) is 0 Å². The summed E-state index contributed by atoms with van der Waals surface area (Å²) < 4.78 is 30.8. The van der Waals surface area contributed by atoms with Crippen molar-refractivity contribution in [1.29, 1.82) is 0 Å². The van der Waals surface area contributed by atoms with Crippen molar-refractivity contribution in [3.8, 4) is 39.5 Å². The molecule has 358 valence electrons. The molecule has 2 saturated heterocycles. The lowest BCUT2D eigenvalue weighted by Gasteiger charge is -2.30. The number of imidazole rings is 2. The summed E-state index contributed by atoms with van der Waals surface area (Å²) in [5.74, 6) is 1.36. The Balaban J connectivity index is 0.979. The molecule has 10 rings (SSSR count). The number of nitrogens with one attached hydrogen (secondary N) is 4. The first kappa shape index (κ1) is 45.7. The van der Waals surface area contributed by atoms with Gasteiger partial charge in [-0.15, -0.1) is 11.3 Å². The van der Waals surface area contributed by atoms with Gasteiger partial charge in [0.15, 0.2) is 0 Å². The number of halogens is 1. The highest BCUT2D eigenvalue weighted by Crippen LogP contribution is 2.49. The van der Waals surface area contributed by atoms with E-state index in [0.29, 0.717) is 58.9 Å². The third-order valence-electron chi connectivity index (χ3n) is 14.2. The molecule has 3 fully saturated rings. The number of hydrogen-bond acceptors (Lipinski definition) is 11. The Hall–Kier alpha value is -6.11. The third kappa shape index (κ3) is 8.33. The number of aromatic nitrogens is 6. The number of aromatic amines is 2. The van der Waals surface area contributed by atoms with Crippen LogP contribution in [0, 0.1) is 17.7 Å². The van der Waals surface area contributed by atoms with Gasteiger partial charge in [0, 0.05) is 41.7 Å². The van der Waals surface area contributed by atoms with E-state index in [4.69, 9.17) is 29.3 Å². The molecule has 1 unspecified atom stereocenters. The van der Waals surface area contributed by atoms with Crippen LogP contribution in [0.1, 0.15) is 125 Å². The Morgan fingerprint density at radius 1 is 0.794 bits per heavy atom. The quantitative estimate of drug-likeness (QED) is 0.0815. The number of methoxy groups -OCH3 is 1. The number of alkyl carbamates (subject to hydrolysis) is 1. The predicted octanol–water partition coefficient (Wildman–Crippen LogP) is 9.16. The van der Waals surface area contributed by atoms with Crippen molar-refractivity contribution in [1.82, 2.24) is 50.1 Å². The van der Waals surface area contributed by atoms with Crippen molar-refractivity contribution in [3.63, 3.8) is 0 Å². The average molecular weight is 947 g/mol. The number of hydroxylamine groups is 1. The van der Waals surface area contributed by atoms with Gasteiger partial charge in [-0.05, 0) is 80.7 Å². The maximum Gasteiger partial charge on any atom is 0.407 e. The van der Waals surface area contributed by atoms with Gasteiger partial charge >= 0.3 is 6.09 Å². The Bertz CT molecular complexity index is 2840. The maximum atomic E-state index is 17.0. The molecule has 3 amide bonds. The number of amides is 3. The van der Waals surface area contributed by atoms with E-state index in [2.05, 4.69) is 31.4 Å². The van der Waals surface area contributed by atoms with Crippen LogP contribution in [0.4, 0.5) is 9.18 Å². The highest BCUT2D eigenvalue weighted by atomic mass is 32.1. The lowest BCUT2D eigenvalue weighted by molar-refractivity contribution is -0.140. The molecule has 68 heavy (non-hydrogen) atoms. The molecule has 0 bridgehead atoms. The van der Waals surface area contributed by atoms with Gasteiger partial charge in [0.1, 0.15) is 35.3 Å². The number of carbonyl (C=O) groups excluding carboxylic acids is 3. The molecule has 4 aliphatic rings. The minimum absolute atomic E-state index is 0.0133. The number of H-pyrrole nitrogens is 2. The van der Waals surface area contributed by atoms with Crippen LogP contribution in [-0.2, 0) is 19.2 Å². The smallest absolute Gasteiger partial charge is 0.407 e. The minimum Gasteiger partial charge on any atom is -0.464 e. The summed E-state index contributed by atoms with van der Waals surface area (Å²) in [5, 5.41) is 4.71. The van der Waals surface area contributed by atoms with Crippen molar-refractivity contribution < 1.29 is 33.1 Å². The number of hydrogen-bond donors (Lipinski definition) is 4. The van der Waals surface area contributed by atoms with E-state index in [1.807, 2.05) is 63.1 Å². The number of nitrogens with zero attached hydrogens (tertiary/aromatic N) is 6. The molecular formula is C50H59FN10O6S. The van der Waals surface area contributed by atoms with E-state index in [-0.39, 0.29) is 35.7 Å². The third-order valence-corrected chi connectivity index (χ3v) is 15.4. The van der Waals surface area contributed by atoms with E-state index in [1.54, 1.807) is 28.6 Å². The predicted molar refractivity (Wildman–Crippen MR) is 255 cm³/mol. The van der Waals surface area contributed by atoms with E-state index in [0.717, 1.165) is 70.6 Å². The molecule has 4 aromatic heterocycles. The van der Waals surface area contributed by atoms with Crippen LogP contribution in [0.25, 0.3) is 44.7 Å². The highest BCUT2D eigenvalue weighted by Gasteiger charge is 2.40. The molecule has 7 heterocycles. The van der Waals surface area contributed by atoms with Crippen LogP contribution < -0.4 is 15.5 Å². The zero-order valence-corrected chi connectivity index (χ0v) is 40.1. The molecule has 18 heteroatoms. The largest absolute Gasteiger partial charge is 0.464 e. The van der Waals surface area contributed by atoms with Crippen molar-refractivity contribution in [2.24, 2.45) is 11.8 Å². The average Bonchev–Trinajstić information content (AvgIpc) is 4.19. The summed E-state index contributed by atoms with van der Waals surface area (Å²) in [7, 11) is 2.80. The van der Waals surface area contributed by atoms with E-state index < -0.39 is 30.2 Å². The summed E-state index contributed by atoms with van der Waals surface area (Å²) >= 11 is 1.66. The fourth-order valence-electron chi connectivity index (χ4n) is 10.7. The van der Waals surface area contributed by atoms with Gasteiger partial charge in [-0.25, -0.2) is 24.1 Å². The van der Waals surface area contributed by atoms with Crippen LogP contribution in [0.15, 0.2) is 55.0 Å². The molecule has 16 nitrogen and oxygen atoms in total. The number of ether oxygens (including phenoxy) is 2.